The molecule has 0 aliphatic rings. The van der Waals surface area contributed by atoms with Gasteiger partial charge in [0.05, 0.1) is 7.11 Å². The van der Waals surface area contributed by atoms with Gasteiger partial charge in [-0.1, -0.05) is 30.3 Å². The molecule has 100 valence electrons. The van der Waals surface area contributed by atoms with E-state index in [1.807, 2.05) is 66.2 Å². The van der Waals surface area contributed by atoms with Crippen molar-refractivity contribution in [1.82, 2.24) is 14.8 Å². The lowest BCUT2D eigenvalue weighted by molar-refractivity contribution is 0.415. The molecule has 0 aliphatic carbocycles. The maximum Gasteiger partial charge on any atom is 0.163 e. The molecule has 0 saturated carbocycles. The fourth-order valence-corrected chi connectivity index (χ4v) is 2.16. The monoisotopic (exact) mass is 265 g/mol. The van der Waals surface area contributed by atoms with Crippen molar-refractivity contribution in [2.75, 3.05) is 7.11 Å². The quantitative estimate of drug-likeness (QED) is 0.730. The zero-order valence-corrected chi connectivity index (χ0v) is 11.4. The summed E-state index contributed by atoms with van der Waals surface area (Å²) in [5, 5.41) is 8.58. The maximum absolute atomic E-state index is 5.17. The Morgan fingerprint density at radius 1 is 0.800 bits per heavy atom. The predicted molar refractivity (Wildman–Crippen MR) is 78.4 cm³/mol. The highest BCUT2D eigenvalue weighted by atomic mass is 16.5. The number of rotatable bonds is 3. The third-order valence-corrected chi connectivity index (χ3v) is 3.26. The summed E-state index contributed by atoms with van der Waals surface area (Å²) in [6.45, 7) is 0. The van der Waals surface area contributed by atoms with Crippen LogP contribution in [0.2, 0.25) is 0 Å². The van der Waals surface area contributed by atoms with Crippen LogP contribution in [0.5, 0.6) is 5.75 Å². The molecule has 1 aromatic heterocycles. The van der Waals surface area contributed by atoms with E-state index in [-0.39, 0.29) is 0 Å². The first kappa shape index (κ1) is 12.4. The van der Waals surface area contributed by atoms with Crippen LogP contribution >= 0.6 is 0 Å². The van der Waals surface area contributed by atoms with Crippen molar-refractivity contribution in [2.24, 2.45) is 7.05 Å². The molecule has 0 bridgehead atoms. The number of ether oxygens (including phenoxy) is 1. The van der Waals surface area contributed by atoms with Crippen LogP contribution in [0.25, 0.3) is 22.8 Å². The molecule has 2 aromatic carbocycles. The van der Waals surface area contributed by atoms with Crippen molar-refractivity contribution >= 4 is 0 Å². The summed E-state index contributed by atoms with van der Waals surface area (Å²) < 4.78 is 7.16. The molecule has 3 rings (SSSR count). The van der Waals surface area contributed by atoms with Gasteiger partial charge in [-0.3, -0.25) is 0 Å². The molecule has 3 aromatic rings. The molecule has 1 heterocycles. The molecule has 0 spiro atoms. The van der Waals surface area contributed by atoms with Crippen LogP contribution in [0.3, 0.4) is 0 Å². The van der Waals surface area contributed by atoms with Crippen LogP contribution in [0, 0.1) is 0 Å². The van der Waals surface area contributed by atoms with E-state index < -0.39 is 0 Å². The minimum Gasteiger partial charge on any atom is -0.497 e. The Morgan fingerprint density at radius 3 is 1.90 bits per heavy atom. The Kier molecular flexibility index (Phi) is 3.21. The zero-order chi connectivity index (χ0) is 13.9. The van der Waals surface area contributed by atoms with Gasteiger partial charge >= 0.3 is 0 Å². The van der Waals surface area contributed by atoms with E-state index in [2.05, 4.69) is 10.2 Å². The van der Waals surface area contributed by atoms with Gasteiger partial charge < -0.3 is 9.30 Å². The topological polar surface area (TPSA) is 39.9 Å². The molecule has 0 N–H and O–H groups in total. The molecule has 0 aliphatic heterocycles. The van der Waals surface area contributed by atoms with E-state index in [1.54, 1.807) is 7.11 Å². The molecule has 0 fully saturated rings. The molecular weight excluding hydrogens is 250 g/mol. The normalized spacial score (nSPS) is 10.5. The summed E-state index contributed by atoms with van der Waals surface area (Å²) >= 11 is 0. The van der Waals surface area contributed by atoms with Crippen LogP contribution in [-0.4, -0.2) is 21.9 Å². The summed E-state index contributed by atoms with van der Waals surface area (Å²) in [6.07, 6.45) is 0. The summed E-state index contributed by atoms with van der Waals surface area (Å²) in [5.74, 6) is 2.53. The van der Waals surface area contributed by atoms with Gasteiger partial charge in [0.15, 0.2) is 11.6 Å². The van der Waals surface area contributed by atoms with Crippen molar-refractivity contribution in [3.8, 4) is 28.5 Å². The number of methoxy groups -OCH3 is 1. The van der Waals surface area contributed by atoms with E-state index >= 15 is 0 Å². The lowest BCUT2D eigenvalue weighted by Gasteiger charge is -2.05. The van der Waals surface area contributed by atoms with Gasteiger partial charge in [-0.15, -0.1) is 10.2 Å². The fourth-order valence-electron chi connectivity index (χ4n) is 2.16. The molecule has 0 radical (unpaired) electrons. The Balaban J connectivity index is 2.01. The Morgan fingerprint density at radius 2 is 1.35 bits per heavy atom. The largest absolute Gasteiger partial charge is 0.497 e. The highest BCUT2D eigenvalue weighted by Gasteiger charge is 2.11. The molecule has 0 unspecified atom stereocenters. The Bertz CT molecular complexity index is 702. The highest BCUT2D eigenvalue weighted by molar-refractivity contribution is 5.62. The average Bonchev–Trinajstić information content (AvgIpc) is 2.90. The summed E-state index contributed by atoms with van der Waals surface area (Å²) in [6, 6.07) is 17.9. The molecule has 0 saturated heterocycles. The first-order chi connectivity index (χ1) is 9.79. The van der Waals surface area contributed by atoms with E-state index in [1.165, 1.54) is 0 Å². The van der Waals surface area contributed by atoms with E-state index in [9.17, 15) is 0 Å². The fraction of sp³-hybridized carbons (Fsp3) is 0.125. The minimum atomic E-state index is 0.833. The third-order valence-electron chi connectivity index (χ3n) is 3.26. The second-order valence-electron chi connectivity index (χ2n) is 4.50. The van der Waals surface area contributed by atoms with Gasteiger partial charge in [-0.25, -0.2) is 0 Å². The average molecular weight is 265 g/mol. The van der Waals surface area contributed by atoms with Gasteiger partial charge in [0.25, 0.3) is 0 Å². The molecular formula is C16H15N3O. The Hall–Kier alpha value is -2.62. The first-order valence-corrected chi connectivity index (χ1v) is 6.39. The lowest BCUT2D eigenvalue weighted by Crippen LogP contribution is -1.95. The number of hydrogen-bond acceptors (Lipinski definition) is 3. The van der Waals surface area contributed by atoms with Crippen molar-refractivity contribution in [3.63, 3.8) is 0 Å². The van der Waals surface area contributed by atoms with Crippen molar-refractivity contribution in [1.29, 1.82) is 0 Å². The van der Waals surface area contributed by atoms with E-state index in [0.717, 1.165) is 28.5 Å². The zero-order valence-electron chi connectivity index (χ0n) is 11.4. The lowest BCUT2D eigenvalue weighted by atomic mass is 10.2. The van der Waals surface area contributed by atoms with Crippen molar-refractivity contribution in [2.45, 2.75) is 0 Å². The van der Waals surface area contributed by atoms with E-state index in [4.69, 9.17) is 4.74 Å². The third kappa shape index (κ3) is 2.16. The summed E-state index contributed by atoms with van der Waals surface area (Å²) in [4.78, 5) is 0. The number of nitrogens with zero attached hydrogens (tertiary/aromatic N) is 3. The number of benzene rings is 2. The van der Waals surface area contributed by atoms with Crippen LogP contribution in [0.15, 0.2) is 54.6 Å². The second-order valence-corrected chi connectivity index (χ2v) is 4.50. The van der Waals surface area contributed by atoms with Gasteiger partial charge in [0, 0.05) is 18.2 Å². The predicted octanol–water partition coefficient (Wildman–Crippen LogP) is 3.16. The SMILES string of the molecule is COc1ccc(-c2nnc(-c3ccccc3)n2C)cc1. The molecule has 4 nitrogen and oxygen atoms in total. The van der Waals surface area contributed by atoms with Gasteiger partial charge in [-0.2, -0.15) is 0 Å². The van der Waals surface area contributed by atoms with Gasteiger partial charge in [-0.05, 0) is 24.3 Å². The van der Waals surface area contributed by atoms with Gasteiger partial charge in [0.1, 0.15) is 5.75 Å². The highest BCUT2D eigenvalue weighted by Crippen LogP contribution is 2.24. The Labute approximate surface area is 117 Å². The summed E-state index contributed by atoms with van der Waals surface area (Å²) in [7, 11) is 3.63. The van der Waals surface area contributed by atoms with Crippen molar-refractivity contribution < 1.29 is 4.74 Å². The van der Waals surface area contributed by atoms with Crippen LogP contribution in [-0.2, 0) is 7.05 Å². The van der Waals surface area contributed by atoms with Gasteiger partial charge in [0.2, 0.25) is 0 Å². The number of hydrogen-bond donors (Lipinski definition) is 0. The molecule has 0 amide bonds. The smallest absolute Gasteiger partial charge is 0.163 e. The maximum atomic E-state index is 5.17. The molecule has 20 heavy (non-hydrogen) atoms. The molecule has 0 atom stereocenters. The molecule has 4 heteroatoms. The van der Waals surface area contributed by atoms with Crippen LogP contribution in [0.1, 0.15) is 0 Å². The number of aromatic nitrogens is 3. The van der Waals surface area contributed by atoms with Crippen LogP contribution in [0.4, 0.5) is 0 Å². The standard InChI is InChI=1S/C16H15N3O/c1-19-15(12-6-4-3-5-7-12)17-18-16(19)13-8-10-14(20-2)11-9-13/h3-11H,1-2H3. The van der Waals surface area contributed by atoms with Crippen LogP contribution < -0.4 is 4.74 Å². The van der Waals surface area contributed by atoms with E-state index in [0.29, 0.717) is 0 Å². The summed E-state index contributed by atoms with van der Waals surface area (Å²) in [5.41, 5.74) is 2.07. The second kappa shape index (κ2) is 5.17. The van der Waals surface area contributed by atoms with Crippen molar-refractivity contribution in [3.05, 3.63) is 54.6 Å². The minimum absolute atomic E-state index is 0.833. The first-order valence-electron chi connectivity index (χ1n) is 6.39.